The fourth-order valence-electron chi connectivity index (χ4n) is 4.60. The van der Waals surface area contributed by atoms with E-state index in [1.54, 1.807) is 35.6 Å². The molecular formula is C31H22N2O3S2. The van der Waals surface area contributed by atoms with Crippen molar-refractivity contribution in [3.05, 3.63) is 124 Å². The van der Waals surface area contributed by atoms with Crippen LogP contribution in [0, 0.1) is 0 Å². The molecule has 0 aliphatic rings. The molecule has 0 spiro atoms. The van der Waals surface area contributed by atoms with Crippen molar-refractivity contribution in [2.75, 3.05) is 0 Å². The minimum absolute atomic E-state index is 0.185. The third-order valence-electron chi connectivity index (χ3n) is 6.53. The summed E-state index contributed by atoms with van der Waals surface area (Å²) in [5.74, 6) is -1.16. The summed E-state index contributed by atoms with van der Waals surface area (Å²) in [7, 11) is 0. The molecule has 0 aliphatic carbocycles. The lowest BCUT2D eigenvalue weighted by Gasteiger charge is -2.10. The van der Waals surface area contributed by atoms with Crippen LogP contribution in [0.2, 0.25) is 0 Å². The van der Waals surface area contributed by atoms with E-state index in [2.05, 4.69) is 47.8 Å². The number of carbonyl (C=O) groups excluding carboxylic acids is 1. The Morgan fingerprint density at radius 1 is 0.842 bits per heavy atom. The van der Waals surface area contributed by atoms with Crippen LogP contribution in [0.4, 0.5) is 0 Å². The van der Waals surface area contributed by atoms with Crippen LogP contribution in [-0.4, -0.2) is 21.4 Å². The van der Waals surface area contributed by atoms with E-state index in [0.717, 1.165) is 37.3 Å². The largest absolute Gasteiger partial charge is 0.478 e. The van der Waals surface area contributed by atoms with E-state index in [9.17, 15) is 9.59 Å². The van der Waals surface area contributed by atoms with Gasteiger partial charge in [-0.1, -0.05) is 60.7 Å². The second-order valence-electron chi connectivity index (χ2n) is 9.05. The maximum atomic E-state index is 13.6. The van der Waals surface area contributed by atoms with Gasteiger partial charge in [0.05, 0.1) is 21.5 Å². The average Bonchev–Trinajstić information content (AvgIpc) is 3.62. The molecule has 0 fully saturated rings. The Morgan fingerprint density at radius 2 is 1.63 bits per heavy atom. The number of hydrogen-bond donors (Lipinski definition) is 2. The number of nitrogens with one attached hydrogen (secondary N) is 1. The zero-order valence-electron chi connectivity index (χ0n) is 20.2. The van der Waals surface area contributed by atoms with Crippen LogP contribution in [0.5, 0.6) is 0 Å². The summed E-state index contributed by atoms with van der Waals surface area (Å²) in [6, 6.07) is 29.4. The zero-order chi connectivity index (χ0) is 26.1. The number of aromatic nitrogens is 1. The number of benzene rings is 4. The quantitative estimate of drug-likeness (QED) is 0.224. The molecule has 4 aromatic carbocycles. The highest BCUT2D eigenvalue weighted by molar-refractivity contribution is 7.14. The van der Waals surface area contributed by atoms with Crippen molar-refractivity contribution in [2.24, 2.45) is 0 Å². The standard InChI is InChI=1S/C31H22N2O3S2/c34-30(32-18-19-7-11-22(12-8-19)31(35)36)25-16-24(27-6-3-13-37-27)17-28-29(25)26(33-38-28)15-20-9-10-21-4-1-2-5-23(21)14-20/h1-14,16-17H,15,18H2,(H,32,34)(H,35,36). The van der Waals surface area contributed by atoms with Gasteiger partial charge >= 0.3 is 5.97 Å². The smallest absolute Gasteiger partial charge is 0.335 e. The monoisotopic (exact) mass is 534 g/mol. The summed E-state index contributed by atoms with van der Waals surface area (Å²) in [6.45, 7) is 0.293. The Balaban J connectivity index is 1.35. The zero-order valence-corrected chi connectivity index (χ0v) is 21.8. The molecule has 0 saturated carbocycles. The summed E-state index contributed by atoms with van der Waals surface area (Å²) in [6.07, 6.45) is 0.625. The van der Waals surface area contributed by atoms with Crippen molar-refractivity contribution in [3.63, 3.8) is 0 Å². The van der Waals surface area contributed by atoms with Gasteiger partial charge in [0, 0.05) is 23.2 Å². The van der Waals surface area contributed by atoms with Gasteiger partial charge in [-0.25, -0.2) is 4.79 Å². The van der Waals surface area contributed by atoms with Crippen molar-refractivity contribution < 1.29 is 14.7 Å². The first-order chi connectivity index (χ1) is 18.5. The summed E-state index contributed by atoms with van der Waals surface area (Å²) < 4.78 is 5.76. The average molecular weight is 535 g/mol. The van der Waals surface area contributed by atoms with Crippen molar-refractivity contribution in [1.82, 2.24) is 9.69 Å². The van der Waals surface area contributed by atoms with Crippen LogP contribution in [-0.2, 0) is 13.0 Å². The minimum Gasteiger partial charge on any atom is -0.478 e. The molecule has 2 N–H and O–H groups in total. The number of hydrogen-bond acceptors (Lipinski definition) is 5. The van der Waals surface area contributed by atoms with Crippen LogP contribution < -0.4 is 5.32 Å². The first kappa shape index (κ1) is 24.0. The molecule has 0 radical (unpaired) electrons. The Bertz CT molecular complexity index is 1790. The first-order valence-electron chi connectivity index (χ1n) is 12.1. The van der Waals surface area contributed by atoms with Gasteiger partial charge in [-0.05, 0) is 74.7 Å². The summed E-state index contributed by atoms with van der Waals surface area (Å²) in [5, 5.41) is 17.4. The van der Waals surface area contributed by atoms with E-state index < -0.39 is 5.97 Å². The summed E-state index contributed by atoms with van der Waals surface area (Å²) in [5.41, 5.74) is 4.65. The molecule has 0 saturated heterocycles. The highest BCUT2D eigenvalue weighted by Gasteiger charge is 2.19. The Morgan fingerprint density at radius 3 is 2.39 bits per heavy atom. The third-order valence-corrected chi connectivity index (χ3v) is 8.28. The van der Waals surface area contributed by atoms with Crippen molar-refractivity contribution in [2.45, 2.75) is 13.0 Å². The molecule has 2 heterocycles. The molecule has 38 heavy (non-hydrogen) atoms. The predicted molar refractivity (Wildman–Crippen MR) is 154 cm³/mol. The van der Waals surface area contributed by atoms with Crippen molar-refractivity contribution in [1.29, 1.82) is 0 Å². The lowest BCUT2D eigenvalue weighted by Crippen LogP contribution is -2.23. The third kappa shape index (κ3) is 4.81. The molecule has 0 aliphatic heterocycles. The topological polar surface area (TPSA) is 79.3 Å². The number of aromatic carboxylic acids is 1. The van der Waals surface area contributed by atoms with Crippen molar-refractivity contribution >= 4 is 55.6 Å². The van der Waals surface area contributed by atoms with Crippen LogP contribution in [0.3, 0.4) is 0 Å². The van der Waals surface area contributed by atoms with E-state index in [0.29, 0.717) is 18.5 Å². The molecule has 186 valence electrons. The molecule has 7 heteroatoms. The number of fused-ring (bicyclic) bond motifs is 2. The van der Waals surface area contributed by atoms with Gasteiger partial charge in [0.1, 0.15) is 0 Å². The predicted octanol–water partition coefficient (Wildman–Crippen LogP) is 7.40. The maximum absolute atomic E-state index is 13.6. The van der Waals surface area contributed by atoms with Gasteiger partial charge in [-0.2, -0.15) is 4.37 Å². The summed E-state index contributed by atoms with van der Waals surface area (Å²) >= 11 is 3.05. The molecule has 2 aromatic heterocycles. The Labute approximate surface area is 227 Å². The highest BCUT2D eigenvalue weighted by atomic mass is 32.1. The number of carboxylic acid groups (broad SMARTS) is 1. The van der Waals surface area contributed by atoms with E-state index in [4.69, 9.17) is 9.48 Å². The molecule has 5 nitrogen and oxygen atoms in total. The molecule has 6 rings (SSSR count). The SMILES string of the molecule is O=C(O)c1ccc(CNC(=O)c2cc(-c3cccs3)cc3snc(Cc4ccc5ccccc5c4)c23)cc1. The van der Waals surface area contributed by atoms with Gasteiger partial charge in [0.25, 0.3) is 5.91 Å². The Kier molecular flexibility index (Phi) is 6.45. The normalized spacial score (nSPS) is 11.2. The second kappa shape index (κ2) is 10.2. The molecule has 6 aromatic rings. The molecule has 0 atom stereocenters. The highest BCUT2D eigenvalue weighted by Crippen LogP contribution is 2.35. The Hall–Kier alpha value is -4.33. The molecule has 0 unspecified atom stereocenters. The van der Waals surface area contributed by atoms with E-state index >= 15 is 0 Å². The van der Waals surface area contributed by atoms with Crippen molar-refractivity contribution in [3.8, 4) is 10.4 Å². The van der Waals surface area contributed by atoms with Gasteiger partial charge in [0.15, 0.2) is 0 Å². The number of carboxylic acids is 1. The maximum Gasteiger partial charge on any atom is 0.335 e. The van der Waals surface area contributed by atoms with Crippen LogP contribution in [0.1, 0.15) is 37.5 Å². The van der Waals surface area contributed by atoms with Gasteiger partial charge < -0.3 is 10.4 Å². The van der Waals surface area contributed by atoms with Crippen LogP contribution in [0.15, 0.2) is 96.4 Å². The number of rotatable bonds is 7. The lowest BCUT2D eigenvalue weighted by molar-refractivity contribution is 0.0696. The van der Waals surface area contributed by atoms with E-state index in [1.807, 2.05) is 29.6 Å². The van der Waals surface area contributed by atoms with Gasteiger partial charge in [-0.15, -0.1) is 11.3 Å². The molecule has 0 bridgehead atoms. The van der Waals surface area contributed by atoms with Crippen LogP contribution in [0.25, 0.3) is 31.3 Å². The number of amides is 1. The minimum atomic E-state index is -0.975. The van der Waals surface area contributed by atoms with Gasteiger partial charge in [0.2, 0.25) is 0 Å². The number of thiophene rings is 1. The summed E-state index contributed by atoms with van der Waals surface area (Å²) in [4.78, 5) is 25.8. The lowest BCUT2D eigenvalue weighted by atomic mass is 9.98. The molecular weight excluding hydrogens is 512 g/mol. The number of nitrogens with zero attached hydrogens (tertiary/aromatic N) is 1. The van der Waals surface area contributed by atoms with Crippen LogP contribution >= 0.6 is 22.9 Å². The first-order valence-corrected chi connectivity index (χ1v) is 13.7. The number of carbonyl (C=O) groups is 2. The van der Waals surface area contributed by atoms with E-state index in [1.165, 1.54) is 22.3 Å². The van der Waals surface area contributed by atoms with Gasteiger partial charge in [-0.3, -0.25) is 4.79 Å². The fraction of sp³-hybridized carbons (Fsp3) is 0.0645. The van der Waals surface area contributed by atoms with E-state index in [-0.39, 0.29) is 11.5 Å². The fourth-order valence-corrected chi connectivity index (χ4v) is 6.18. The molecule has 1 amide bonds. The second-order valence-corrected chi connectivity index (χ2v) is 10.8.